The Hall–Kier alpha value is -0.670. The van der Waals surface area contributed by atoms with Crippen molar-refractivity contribution in [2.24, 2.45) is 5.92 Å². The number of carboxylic acids is 1. The van der Waals surface area contributed by atoms with Crippen molar-refractivity contribution < 1.29 is 24.2 Å². The molecule has 3 atom stereocenters. The number of rotatable bonds is 10. The van der Waals surface area contributed by atoms with E-state index in [1.165, 1.54) is 0 Å². The Morgan fingerprint density at radius 1 is 1.26 bits per heavy atom. The maximum absolute atomic E-state index is 12.1. The summed E-state index contributed by atoms with van der Waals surface area (Å²) in [6, 6.07) is -2.27. The Balaban J connectivity index is 0.00000484. The van der Waals surface area contributed by atoms with Gasteiger partial charge in [0.1, 0.15) is 18.1 Å². The standard InChI is InChI=1S/C14H25N3O5.Na.H/c1-8(2)7-9(12(18)15-5-4-6-22-3)16-13(19)10-11(17-10)14(20)21;;/h8-11,17H,4-7H2,1-3H3,(H,15,18)(H,16,19)(H,20,21);;/t9-,10-,11-;;/m0../s1. The molecule has 1 saturated heterocycles. The van der Waals surface area contributed by atoms with Crippen LogP contribution in [0.25, 0.3) is 0 Å². The van der Waals surface area contributed by atoms with Crippen LogP contribution in [0.3, 0.4) is 0 Å². The van der Waals surface area contributed by atoms with Crippen LogP contribution in [0.5, 0.6) is 0 Å². The summed E-state index contributed by atoms with van der Waals surface area (Å²) < 4.78 is 4.90. The third-order valence-corrected chi connectivity index (χ3v) is 3.30. The van der Waals surface area contributed by atoms with Crippen LogP contribution < -0.4 is 16.0 Å². The zero-order valence-corrected chi connectivity index (χ0v) is 13.2. The quantitative estimate of drug-likeness (QED) is 0.217. The van der Waals surface area contributed by atoms with Crippen LogP contribution in [0.4, 0.5) is 0 Å². The number of hydrogen-bond acceptors (Lipinski definition) is 5. The Morgan fingerprint density at radius 3 is 2.39 bits per heavy atom. The first-order chi connectivity index (χ1) is 10.4. The second-order valence-corrected chi connectivity index (χ2v) is 5.79. The van der Waals surface area contributed by atoms with E-state index < -0.39 is 30.0 Å². The van der Waals surface area contributed by atoms with E-state index in [-0.39, 0.29) is 41.4 Å². The van der Waals surface area contributed by atoms with Gasteiger partial charge in [-0.15, -0.1) is 0 Å². The molecule has 0 aromatic heterocycles. The molecular formula is C14H26N3NaO5. The van der Waals surface area contributed by atoms with Crippen LogP contribution in [0.1, 0.15) is 26.7 Å². The average molecular weight is 339 g/mol. The summed E-state index contributed by atoms with van der Waals surface area (Å²) in [4.78, 5) is 34.8. The Labute approximate surface area is 158 Å². The van der Waals surface area contributed by atoms with Crippen molar-refractivity contribution in [3.8, 4) is 0 Å². The number of nitrogens with one attached hydrogen (secondary N) is 3. The van der Waals surface area contributed by atoms with E-state index in [1.54, 1.807) is 7.11 Å². The summed E-state index contributed by atoms with van der Waals surface area (Å²) >= 11 is 0. The van der Waals surface area contributed by atoms with Gasteiger partial charge < -0.3 is 20.5 Å². The Morgan fingerprint density at radius 2 is 1.91 bits per heavy atom. The van der Waals surface area contributed by atoms with E-state index >= 15 is 0 Å². The third kappa shape index (κ3) is 8.12. The van der Waals surface area contributed by atoms with Gasteiger partial charge in [0.05, 0.1) is 0 Å². The summed E-state index contributed by atoms with van der Waals surface area (Å²) in [6.45, 7) is 4.92. The van der Waals surface area contributed by atoms with Crippen molar-refractivity contribution in [1.82, 2.24) is 16.0 Å². The number of hydrogen-bond donors (Lipinski definition) is 4. The van der Waals surface area contributed by atoms with E-state index in [1.807, 2.05) is 13.8 Å². The van der Waals surface area contributed by atoms with Crippen molar-refractivity contribution in [3.05, 3.63) is 0 Å². The summed E-state index contributed by atoms with van der Waals surface area (Å²) in [5.41, 5.74) is 0. The summed E-state index contributed by atoms with van der Waals surface area (Å²) in [5, 5.41) is 16.7. The molecule has 0 bridgehead atoms. The van der Waals surface area contributed by atoms with Gasteiger partial charge in [-0.05, 0) is 18.8 Å². The van der Waals surface area contributed by atoms with Gasteiger partial charge >= 0.3 is 35.5 Å². The molecule has 8 nitrogen and oxygen atoms in total. The monoisotopic (exact) mass is 339 g/mol. The molecule has 1 aliphatic heterocycles. The van der Waals surface area contributed by atoms with Gasteiger partial charge in [-0.1, -0.05) is 13.8 Å². The first-order valence-corrected chi connectivity index (χ1v) is 7.42. The molecule has 0 spiro atoms. The molecule has 9 heteroatoms. The molecule has 0 aliphatic carbocycles. The van der Waals surface area contributed by atoms with Crippen molar-refractivity contribution in [2.45, 2.75) is 44.8 Å². The molecule has 1 aliphatic rings. The Kier molecular flexibility index (Phi) is 10.7. The number of carbonyl (C=O) groups is 3. The topological polar surface area (TPSA) is 127 Å². The molecule has 0 unspecified atom stereocenters. The van der Waals surface area contributed by atoms with Crippen LogP contribution in [0.2, 0.25) is 0 Å². The molecule has 1 heterocycles. The van der Waals surface area contributed by atoms with Crippen LogP contribution in [-0.2, 0) is 19.1 Å². The van der Waals surface area contributed by atoms with E-state index in [0.717, 1.165) is 0 Å². The second kappa shape index (κ2) is 11.0. The number of carboxylic acid groups (broad SMARTS) is 1. The maximum atomic E-state index is 12.1. The van der Waals surface area contributed by atoms with Gasteiger partial charge in [-0.2, -0.15) is 0 Å². The van der Waals surface area contributed by atoms with Gasteiger partial charge in [-0.25, -0.2) is 0 Å². The van der Waals surface area contributed by atoms with Crippen LogP contribution in [0, 0.1) is 5.92 Å². The molecule has 1 fully saturated rings. The van der Waals surface area contributed by atoms with Gasteiger partial charge in [0.15, 0.2) is 0 Å². The van der Waals surface area contributed by atoms with Gasteiger partial charge in [-0.3, -0.25) is 19.7 Å². The molecule has 128 valence electrons. The fourth-order valence-electron chi connectivity index (χ4n) is 2.09. The minimum absolute atomic E-state index is 0. The zero-order valence-electron chi connectivity index (χ0n) is 13.2. The van der Waals surface area contributed by atoms with Crippen LogP contribution in [-0.4, -0.2) is 90.8 Å². The predicted octanol–water partition coefficient (Wildman–Crippen LogP) is -1.55. The Bertz CT molecular complexity index is 419. The summed E-state index contributed by atoms with van der Waals surface area (Å²) in [5.74, 6) is -1.56. The van der Waals surface area contributed by atoms with Crippen molar-refractivity contribution in [1.29, 1.82) is 0 Å². The van der Waals surface area contributed by atoms with E-state index in [2.05, 4.69) is 16.0 Å². The molecule has 2 amide bonds. The molecule has 0 aromatic rings. The van der Waals surface area contributed by atoms with Crippen LogP contribution in [0.15, 0.2) is 0 Å². The third-order valence-electron chi connectivity index (χ3n) is 3.30. The zero-order chi connectivity index (χ0) is 16.7. The SMILES string of the molecule is COCCCNC(=O)[C@H](CC(C)C)NC(=O)[C@H]1N[C@@H]1C(=O)O.[NaH]. The molecule has 1 rings (SSSR count). The van der Waals surface area contributed by atoms with Crippen molar-refractivity contribution >= 4 is 47.3 Å². The molecule has 0 saturated carbocycles. The van der Waals surface area contributed by atoms with Gasteiger partial charge in [0.2, 0.25) is 11.8 Å². The molecule has 0 radical (unpaired) electrons. The number of carbonyl (C=O) groups excluding carboxylic acids is 2. The number of methoxy groups -OCH3 is 1. The number of amides is 2. The van der Waals surface area contributed by atoms with E-state index in [9.17, 15) is 14.4 Å². The average Bonchev–Trinajstić information content (AvgIpc) is 3.22. The number of aliphatic carboxylic acids is 1. The van der Waals surface area contributed by atoms with Gasteiger partial charge in [0.25, 0.3) is 0 Å². The molecule has 4 N–H and O–H groups in total. The van der Waals surface area contributed by atoms with Crippen molar-refractivity contribution in [3.63, 3.8) is 0 Å². The molecular weight excluding hydrogens is 313 g/mol. The summed E-state index contributed by atoms with van der Waals surface area (Å²) in [6.07, 6.45) is 1.18. The van der Waals surface area contributed by atoms with Gasteiger partial charge in [0, 0.05) is 20.3 Å². The fraction of sp³-hybridized carbons (Fsp3) is 0.786. The minimum atomic E-state index is -1.07. The fourth-order valence-corrected chi connectivity index (χ4v) is 2.09. The van der Waals surface area contributed by atoms with Crippen LogP contribution >= 0.6 is 0 Å². The van der Waals surface area contributed by atoms with Crippen molar-refractivity contribution in [2.75, 3.05) is 20.3 Å². The van der Waals surface area contributed by atoms with E-state index in [0.29, 0.717) is 26.0 Å². The molecule has 23 heavy (non-hydrogen) atoms. The van der Waals surface area contributed by atoms with E-state index in [4.69, 9.17) is 9.84 Å². The first-order valence-electron chi connectivity index (χ1n) is 7.42. The number of ether oxygens (including phenoxy) is 1. The molecule has 0 aromatic carbocycles. The normalized spacial score (nSPS) is 20.3. The second-order valence-electron chi connectivity index (χ2n) is 5.79. The summed E-state index contributed by atoms with van der Waals surface area (Å²) in [7, 11) is 1.59. The first kappa shape index (κ1) is 22.3. The predicted molar refractivity (Wildman–Crippen MR) is 86.4 cm³/mol.